The van der Waals surface area contributed by atoms with Crippen LogP contribution in [-0.2, 0) is 0 Å². The molecule has 1 fully saturated rings. The molecular formula is C20H27N5O2. The molecule has 1 N–H and O–H groups in total. The number of carbonyl (C=O) groups excluding carboxylic acids is 1. The van der Waals surface area contributed by atoms with E-state index in [1.165, 1.54) is 0 Å². The molecule has 3 rings (SSSR count). The minimum atomic E-state index is -0.0441. The number of aromatic nitrogens is 2. The average molecular weight is 369 g/mol. The van der Waals surface area contributed by atoms with Gasteiger partial charge in [0.2, 0.25) is 0 Å². The van der Waals surface area contributed by atoms with Gasteiger partial charge in [0.15, 0.2) is 0 Å². The van der Waals surface area contributed by atoms with Crippen LogP contribution < -0.4 is 10.1 Å². The van der Waals surface area contributed by atoms with Crippen LogP contribution in [0.25, 0.3) is 0 Å². The van der Waals surface area contributed by atoms with E-state index in [9.17, 15) is 4.79 Å². The van der Waals surface area contributed by atoms with Crippen LogP contribution in [0.1, 0.15) is 30.2 Å². The molecule has 0 radical (unpaired) electrons. The third-order valence-corrected chi connectivity index (χ3v) is 4.35. The summed E-state index contributed by atoms with van der Waals surface area (Å²) in [6.45, 7) is 8.99. The molecule has 0 bridgehead atoms. The number of rotatable bonds is 5. The van der Waals surface area contributed by atoms with E-state index in [4.69, 9.17) is 4.74 Å². The molecule has 1 aliphatic heterocycles. The fourth-order valence-electron chi connectivity index (χ4n) is 2.95. The van der Waals surface area contributed by atoms with Crippen molar-refractivity contribution in [1.29, 1.82) is 0 Å². The molecule has 0 atom stereocenters. The highest BCUT2D eigenvalue weighted by atomic mass is 16.5. The van der Waals surface area contributed by atoms with Gasteiger partial charge in [0.25, 0.3) is 5.91 Å². The zero-order chi connectivity index (χ0) is 19.4. The van der Waals surface area contributed by atoms with Crippen molar-refractivity contribution in [2.24, 2.45) is 0 Å². The molecule has 0 aliphatic carbocycles. The Kier molecular flexibility index (Phi) is 5.91. The van der Waals surface area contributed by atoms with E-state index in [2.05, 4.69) is 27.2 Å². The number of nitrogens with zero attached hydrogens (tertiary/aromatic N) is 4. The van der Waals surface area contributed by atoms with Gasteiger partial charge in [-0.3, -0.25) is 4.79 Å². The third-order valence-electron chi connectivity index (χ3n) is 4.35. The fourth-order valence-corrected chi connectivity index (χ4v) is 2.95. The van der Waals surface area contributed by atoms with E-state index in [0.717, 1.165) is 37.6 Å². The van der Waals surface area contributed by atoms with E-state index in [1.807, 2.05) is 43.0 Å². The van der Waals surface area contributed by atoms with Gasteiger partial charge in [-0.2, -0.15) is 0 Å². The molecule has 27 heavy (non-hydrogen) atoms. The third kappa shape index (κ3) is 5.17. The SMILES string of the molecule is Cc1nc(Nc2ccc(OC(C)C)cc2)cc(C(=O)N2CCN(C)CC2)n1. The first-order chi connectivity index (χ1) is 12.9. The van der Waals surface area contributed by atoms with Gasteiger partial charge >= 0.3 is 0 Å². The van der Waals surface area contributed by atoms with Gasteiger partial charge < -0.3 is 19.9 Å². The summed E-state index contributed by atoms with van der Waals surface area (Å²) in [4.78, 5) is 25.6. The van der Waals surface area contributed by atoms with Crippen molar-refractivity contribution in [3.05, 3.63) is 41.9 Å². The summed E-state index contributed by atoms with van der Waals surface area (Å²) in [5.74, 6) is 1.95. The molecule has 1 aliphatic rings. The summed E-state index contributed by atoms with van der Waals surface area (Å²) in [6, 6.07) is 9.39. The molecule has 1 aromatic carbocycles. The Balaban J connectivity index is 1.72. The Morgan fingerprint density at radius 2 is 1.78 bits per heavy atom. The summed E-state index contributed by atoms with van der Waals surface area (Å²) in [7, 11) is 2.07. The molecule has 0 spiro atoms. The fraction of sp³-hybridized carbons (Fsp3) is 0.450. The maximum absolute atomic E-state index is 12.8. The Morgan fingerprint density at radius 1 is 1.11 bits per heavy atom. The van der Waals surface area contributed by atoms with E-state index < -0.39 is 0 Å². The first-order valence-electron chi connectivity index (χ1n) is 9.28. The number of nitrogens with one attached hydrogen (secondary N) is 1. The topological polar surface area (TPSA) is 70.6 Å². The molecule has 7 nitrogen and oxygen atoms in total. The van der Waals surface area contributed by atoms with Crippen LogP contribution in [0, 0.1) is 6.92 Å². The molecule has 144 valence electrons. The van der Waals surface area contributed by atoms with Gasteiger partial charge in [-0.05, 0) is 52.1 Å². The second kappa shape index (κ2) is 8.35. The maximum atomic E-state index is 12.8. The number of likely N-dealkylation sites (N-methyl/N-ethyl adjacent to an activating group) is 1. The minimum absolute atomic E-state index is 0.0441. The molecule has 1 amide bonds. The number of aryl methyl sites for hydroxylation is 1. The van der Waals surface area contributed by atoms with Crippen molar-refractivity contribution in [2.45, 2.75) is 26.9 Å². The Labute approximate surface area is 160 Å². The lowest BCUT2D eigenvalue weighted by Gasteiger charge is -2.32. The summed E-state index contributed by atoms with van der Waals surface area (Å²) in [6.07, 6.45) is 0.136. The van der Waals surface area contributed by atoms with E-state index in [0.29, 0.717) is 17.3 Å². The predicted molar refractivity (Wildman–Crippen MR) is 106 cm³/mol. The van der Waals surface area contributed by atoms with E-state index >= 15 is 0 Å². The lowest BCUT2D eigenvalue weighted by atomic mass is 10.2. The second-order valence-corrected chi connectivity index (χ2v) is 7.10. The van der Waals surface area contributed by atoms with Crippen LogP contribution in [0.4, 0.5) is 11.5 Å². The number of amides is 1. The van der Waals surface area contributed by atoms with Crippen LogP contribution in [-0.4, -0.2) is 65.0 Å². The number of anilines is 2. The zero-order valence-electron chi connectivity index (χ0n) is 16.4. The normalized spacial score (nSPS) is 15.1. The quantitative estimate of drug-likeness (QED) is 0.874. The number of piperazine rings is 1. The van der Waals surface area contributed by atoms with Gasteiger partial charge in [-0.15, -0.1) is 0 Å². The number of hydrogen-bond acceptors (Lipinski definition) is 6. The molecule has 2 aromatic rings. The number of benzene rings is 1. The average Bonchev–Trinajstić information content (AvgIpc) is 2.62. The van der Waals surface area contributed by atoms with Gasteiger partial charge in [-0.25, -0.2) is 9.97 Å². The van der Waals surface area contributed by atoms with Crippen molar-refractivity contribution < 1.29 is 9.53 Å². The van der Waals surface area contributed by atoms with Crippen LogP contribution in [0.3, 0.4) is 0 Å². The summed E-state index contributed by atoms with van der Waals surface area (Å²) >= 11 is 0. The zero-order valence-corrected chi connectivity index (χ0v) is 16.4. The van der Waals surface area contributed by atoms with Crippen LogP contribution >= 0.6 is 0 Å². The van der Waals surface area contributed by atoms with Crippen LogP contribution in [0.5, 0.6) is 5.75 Å². The second-order valence-electron chi connectivity index (χ2n) is 7.10. The Morgan fingerprint density at radius 3 is 2.41 bits per heavy atom. The van der Waals surface area contributed by atoms with Crippen molar-refractivity contribution >= 4 is 17.4 Å². The molecule has 2 heterocycles. The number of carbonyl (C=O) groups is 1. The Hall–Kier alpha value is -2.67. The van der Waals surface area contributed by atoms with Gasteiger partial charge in [-0.1, -0.05) is 0 Å². The standard InChI is InChI=1S/C20H27N5O2/c1-14(2)27-17-7-5-16(6-8-17)23-19-13-18(21-15(3)22-19)20(26)25-11-9-24(4)10-12-25/h5-8,13-14H,9-12H2,1-4H3,(H,21,22,23). The molecule has 1 saturated heterocycles. The molecular weight excluding hydrogens is 342 g/mol. The van der Waals surface area contributed by atoms with Crippen molar-refractivity contribution in [3.63, 3.8) is 0 Å². The largest absolute Gasteiger partial charge is 0.491 e. The minimum Gasteiger partial charge on any atom is -0.491 e. The first kappa shape index (κ1) is 19.1. The van der Waals surface area contributed by atoms with E-state index in [1.54, 1.807) is 13.0 Å². The van der Waals surface area contributed by atoms with Crippen molar-refractivity contribution in [1.82, 2.24) is 19.8 Å². The first-order valence-corrected chi connectivity index (χ1v) is 9.28. The highest BCUT2D eigenvalue weighted by Crippen LogP contribution is 2.20. The summed E-state index contributed by atoms with van der Waals surface area (Å²) < 4.78 is 5.66. The molecule has 7 heteroatoms. The number of hydrogen-bond donors (Lipinski definition) is 1. The highest BCUT2D eigenvalue weighted by molar-refractivity contribution is 5.93. The van der Waals surface area contributed by atoms with Crippen LogP contribution in [0.2, 0.25) is 0 Å². The van der Waals surface area contributed by atoms with E-state index in [-0.39, 0.29) is 12.0 Å². The lowest BCUT2D eigenvalue weighted by Crippen LogP contribution is -2.47. The number of ether oxygens (including phenoxy) is 1. The van der Waals surface area contributed by atoms with Gasteiger partial charge in [0.05, 0.1) is 6.10 Å². The van der Waals surface area contributed by atoms with Crippen molar-refractivity contribution in [3.8, 4) is 5.75 Å². The molecule has 0 saturated carbocycles. The summed E-state index contributed by atoms with van der Waals surface area (Å²) in [5, 5.41) is 3.24. The lowest BCUT2D eigenvalue weighted by molar-refractivity contribution is 0.0658. The molecule has 1 aromatic heterocycles. The Bertz CT molecular complexity index is 783. The summed E-state index contributed by atoms with van der Waals surface area (Å²) in [5.41, 5.74) is 1.30. The van der Waals surface area contributed by atoms with Gasteiger partial charge in [0, 0.05) is 37.9 Å². The maximum Gasteiger partial charge on any atom is 0.272 e. The highest BCUT2D eigenvalue weighted by Gasteiger charge is 2.22. The molecule has 0 unspecified atom stereocenters. The van der Waals surface area contributed by atoms with Crippen molar-refractivity contribution in [2.75, 3.05) is 38.5 Å². The smallest absolute Gasteiger partial charge is 0.272 e. The van der Waals surface area contributed by atoms with Crippen LogP contribution in [0.15, 0.2) is 30.3 Å². The van der Waals surface area contributed by atoms with Gasteiger partial charge in [0.1, 0.15) is 23.1 Å². The monoisotopic (exact) mass is 369 g/mol. The predicted octanol–water partition coefficient (Wildman–Crippen LogP) is 2.70.